The first kappa shape index (κ1) is 17.4. The molecular formula is C21H13FN2O4. The second-order valence-corrected chi connectivity index (χ2v) is 5.89. The lowest BCUT2D eigenvalue weighted by Gasteiger charge is -2.05. The average molecular weight is 376 g/mol. The van der Waals surface area contributed by atoms with Crippen LogP contribution in [0.4, 0.5) is 4.39 Å². The molecule has 7 heteroatoms. The molecule has 6 nitrogen and oxygen atoms in total. The summed E-state index contributed by atoms with van der Waals surface area (Å²) in [5.41, 5.74) is 1.53. The number of carboxylic acid groups (broad SMARTS) is 1. The van der Waals surface area contributed by atoms with Crippen LogP contribution in [0.25, 0.3) is 22.8 Å². The quantitative estimate of drug-likeness (QED) is 0.526. The molecule has 28 heavy (non-hydrogen) atoms. The minimum atomic E-state index is -0.999. The lowest BCUT2D eigenvalue weighted by Crippen LogP contribution is -1.94. The SMILES string of the molecule is O=C(O)c1ccc(-c2nc(-c3ccc(Oc4ccc(F)cc4)cc3)no2)cc1. The molecular weight excluding hydrogens is 363 g/mol. The van der Waals surface area contributed by atoms with Gasteiger partial charge in [-0.2, -0.15) is 4.98 Å². The zero-order valence-electron chi connectivity index (χ0n) is 14.4. The van der Waals surface area contributed by atoms with E-state index in [-0.39, 0.29) is 11.4 Å². The van der Waals surface area contributed by atoms with Crippen LogP contribution in [0.5, 0.6) is 11.5 Å². The minimum Gasteiger partial charge on any atom is -0.478 e. The highest BCUT2D eigenvalue weighted by molar-refractivity contribution is 5.88. The summed E-state index contributed by atoms with van der Waals surface area (Å²) in [6.45, 7) is 0. The van der Waals surface area contributed by atoms with Gasteiger partial charge in [0.1, 0.15) is 17.3 Å². The molecule has 3 aromatic carbocycles. The fourth-order valence-corrected chi connectivity index (χ4v) is 2.52. The Hall–Kier alpha value is -4.00. The molecule has 0 aliphatic rings. The molecule has 0 atom stereocenters. The topological polar surface area (TPSA) is 85.5 Å². The molecule has 1 heterocycles. The van der Waals surface area contributed by atoms with Gasteiger partial charge in [0.25, 0.3) is 5.89 Å². The fourth-order valence-electron chi connectivity index (χ4n) is 2.52. The number of hydrogen-bond donors (Lipinski definition) is 1. The molecule has 0 unspecified atom stereocenters. The van der Waals surface area contributed by atoms with Crippen molar-refractivity contribution in [3.05, 3.63) is 84.2 Å². The van der Waals surface area contributed by atoms with E-state index in [2.05, 4.69) is 10.1 Å². The van der Waals surface area contributed by atoms with E-state index in [0.29, 0.717) is 28.8 Å². The first-order valence-electron chi connectivity index (χ1n) is 8.30. The Morgan fingerprint density at radius 3 is 2.04 bits per heavy atom. The summed E-state index contributed by atoms with van der Waals surface area (Å²) in [4.78, 5) is 15.3. The van der Waals surface area contributed by atoms with Gasteiger partial charge in [-0.15, -0.1) is 0 Å². The monoisotopic (exact) mass is 376 g/mol. The van der Waals surface area contributed by atoms with Crippen molar-refractivity contribution in [2.45, 2.75) is 0 Å². The summed E-state index contributed by atoms with van der Waals surface area (Å²) < 4.78 is 23.9. The van der Waals surface area contributed by atoms with Crippen molar-refractivity contribution in [2.75, 3.05) is 0 Å². The van der Waals surface area contributed by atoms with Crippen molar-refractivity contribution in [1.29, 1.82) is 0 Å². The van der Waals surface area contributed by atoms with Gasteiger partial charge in [-0.3, -0.25) is 0 Å². The van der Waals surface area contributed by atoms with Gasteiger partial charge in [-0.25, -0.2) is 9.18 Å². The van der Waals surface area contributed by atoms with Crippen LogP contribution in [0.2, 0.25) is 0 Å². The van der Waals surface area contributed by atoms with E-state index in [9.17, 15) is 9.18 Å². The second-order valence-electron chi connectivity index (χ2n) is 5.89. The van der Waals surface area contributed by atoms with Gasteiger partial charge in [0.05, 0.1) is 5.56 Å². The molecule has 0 saturated carbocycles. The number of benzene rings is 3. The zero-order valence-corrected chi connectivity index (χ0v) is 14.4. The summed E-state index contributed by atoms with van der Waals surface area (Å²) in [5.74, 6) is 0.474. The maximum absolute atomic E-state index is 12.9. The largest absolute Gasteiger partial charge is 0.478 e. The van der Waals surface area contributed by atoms with Crippen molar-refractivity contribution in [3.63, 3.8) is 0 Å². The van der Waals surface area contributed by atoms with E-state index in [1.807, 2.05) is 0 Å². The van der Waals surface area contributed by atoms with Gasteiger partial charge in [0.15, 0.2) is 0 Å². The second kappa shape index (κ2) is 7.32. The Bertz CT molecular complexity index is 1100. The summed E-state index contributed by atoms with van der Waals surface area (Å²) in [5, 5.41) is 12.9. The highest BCUT2D eigenvalue weighted by atomic mass is 19.1. The van der Waals surface area contributed by atoms with E-state index in [1.54, 1.807) is 48.5 Å². The van der Waals surface area contributed by atoms with Crippen LogP contribution in [0.15, 0.2) is 77.3 Å². The molecule has 0 amide bonds. The van der Waals surface area contributed by atoms with Crippen molar-refractivity contribution in [1.82, 2.24) is 10.1 Å². The number of hydrogen-bond acceptors (Lipinski definition) is 5. The standard InChI is InChI=1S/C21H13FN2O4/c22-16-7-11-18(12-8-16)27-17-9-5-13(6-10-17)19-23-20(28-24-19)14-1-3-15(4-2-14)21(25)26/h1-12H,(H,25,26). The van der Waals surface area contributed by atoms with Gasteiger partial charge in [-0.1, -0.05) is 5.16 Å². The van der Waals surface area contributed by atoms with Crippen molar-refractivity contribution in [3.8, 4) is 34.3 Å². The lowest BCUT2D eigenvalue weighted by atomic mass is 10.1. The Morgan fingerprint density at radius 1 is 0.857 bits per heavy atom. The molecule has 0 fully saturated rings. The molecule has 4 aromatic rings. The first-order valence-corrected chi connectivity index (χ1v) is 8.30. The van der Waals surface area contributed by atoms with Gasteiger partial charge >= 0.3 is 5.97 Å². The zero-order chi connectivity index (χ0) is 19.5. The molecule has 4 rings (SSSR count). The molecule has 1 N–H and O–H groups in total. The maximum atomic E-state index is 12.9. The number of aromatic nitrogens is 2. The average Bonchev–Trinajstić information content (AvgIpc) is 3.21. The summed E-state index contributed by atoms with van der Waals surface area (Å²) in [6, 6.07) is 19.0. The number of halogens is 1. The molecule has 0 aliphatic heterocycles. The third-order valence-corrected chi connectivity index (χ3v) is 3.97. The number of carboxylic acids is 1. The normalized spacial score (nSPS) is 10.6. The van der Waals surface area contributed by atoms with Crippen LogP contribution in [0.3, 0.4) is 0 Å². The molecule has 1 aromatic heterocycles. The van der Waals surface area contributed by atoms with Crippen molar-refractivity contribution in [2.24, 2.45) is 0 Å². The number of carbonyl (C=O) groups is 1. The van der Waals surface area contributed by atoms with Gasteiger partial charge < -0.3 is 14.4 Å². The number of ether oxygens (including phenoxy) is 1. The van der Waals surface area contributed by atoms with E-state index in [0.717, 1.165) is 5.56 Å². The van der Waals surface area contributed by atoms with Gasteiger partial charge in [0, 0.05) is 11.1 Å². The molecule has 0 bridgehead atoms. The van der Waals surface area contributed by atoms with Crippen molar-refractivity contribution >= 4 is 5.97 Å². The molecule has 0 radical (unpaired) electrons. The van der Waals surface area contributed by atoms with Crippen LogP contribution >= 0.6 is 0 Å². The predicted molar refractivity (Wildman–Crippen MR) is 98.6 cm³/mol. The minimum absolute atomic E-state index is 0.181. The molecule has 0 aliphatic carbocycles. The molecule has 0 spiro atoms. The molecule has 138 valence electrons. The number of nitrogens with zero attached hydrogens (tertiary/aromatic N) is 2. The van der Waals surface area contributed by atoms with Crippen molar-refractivity contribution < 1.29 is 23.6 Å². The number of aromatic carboxylic acids is 1. The summed E-state index contributed by atoms with van der Waals surface area (Å²) in [7, 11) is 0. The van der Waals surface area contributed by atoms with Crippen LogP contribution in [0, 0.1) is 5.82 Å². The predicted octanol–water partition coefficient (Wildman–Crippen LogP) is 5.03. The fraction of sp³-hybridized carbons (Fsp3) is 0. The van der Waals surface area contributed by atoms with Gasteiger partial charge in [-0.05, 0) is 72.8 Å². The van der Waals surface area contributed by atoms with E-state index in [1.165, 1.54) is 24.3 Å². The Morgan fingerprint density at radius 2 is 1.43 bits per heavy atom. The third kappa shape index (κ3) is 3.73. The summed E-state index contributed by atoms with van der Waals surface area (Å²) in [6.07, 6.45) is 0. The third-order valence-electron chi connectivity index (χ3n) is 3.97. The van der Waals surface area contributed by atoms with E-state index < -0.39 is 5.97 Å². The van der Waals surface area contributed by atoms with Crippen LogP contribution in [0.1, 0.15) is 10.4 Å². The molecule has 0 saturated heterocycles. The summed E-state index contributed by atoms with van der Waals surface area (Å²) >= 11 is 0. The maximum Gasteiger partial charge on any atom is 0.335 e. The lowest BCUT2D eigenvalue weighted by molar-refractivity contribution is 0.0697. The van der Waals surface area contributed by atoms with E-state index >= 15 is 0 Å². The van der Waals surface area contributed by atoms with Crippen LogP contribution in [-0.4, -0.2) is 21.2 Å². The highest BCUT2D eigenvalue weighted by Gasteiger charge is 2.12. The first-order chi connectivity index (χ1) is 13.6. The van der Waals surface area contributed by atoms with Crippen LogP contribution < -0.4 is 4.74 Å². The smallest absolute Gasteiger partial charge is 0.335 e. The van der Waals surface area contributed by atoms with Crippen LogP contribution in [-0.2, 0) is 0 Å². The Kier molecular flexibility index (Phi) is 4.55. The number of rotatable bonds is 5. The van der Waals surface area contributed by atoms with E-state index in [4.69, 9.17) is 14.4 Å². The van der Waals surface area contributed by atoms with Gasteiger partial charge in [0.2, 0.25) is 5.82 Å². The Balaban J connectivity index is 1.50. The highest BCUT2D eigenvalue weighted by Crippen LogP contribution is 2.26. The Labute approximate surface area is 158 Å².